The van der Waals surface area contributed by atoms with Crippen molar-refractivity contribution >= 4 is 10.0 Å². The van der Waals surface area contributed by atoms with E-state index < -0.39 is 10.0 Å². The Labute approximate surface area is 168 Å². The largest absolute Gasteiger partial charge is 0.375 e. The van der Waals surface area contributed by atoms with Crippen LogP contribution in [-0.4, -0.2) is 45.0 Å². The topological polar surface area (TPSA) is 58.6 Å². The number of hydrogen-bond acceptors (Lipinski definition) is 4. The van der Waals surface area contributed by atoms with Crippen molar-refractivity contribution in [1.29, 1.82) is 0 Å². The smallest absolute Gasteiger partial charge is 0.243 e. The maximum absolute atomic E-state index is 13.4. The molecular formula is C22H28N2O3S. The molecule has 2 unspecified atom stereocenters. The molecule has 1 saturated heterocycles. The van der Waals surface area contributed by atoms with Crippen LogP contribution in [-0.2, 0) is 21.4 Å². The van der Waals surface area contributed by atoms with Gasteiger partial charge in [-0.05, 0) is 36.6 Å². The highest BCUT2D eigenvalue weighted by atomic mass is 32.2. The van der Waals surface area contributed by atoms with Gasteiger partial charge in [0.05, 0.1) is 24.2 Å². The number of hydrogen-bond donors (Lipinski definition) is 1. The maximum Gasteiger partial charge on any atom is 0.243 e. The summed E-state index contributed by atoms with van der Waals surface area (Å²) in [7, 11) is -3.60. The van der Waals surface area contributed by atoms with Crippen molar-refractivity contribution in [1.82, 2.24) is 9.62 Å². The molecule has 6 heteroatoms. The minimum atomic E-state index is -3.60. The quantitative estimate of drug-likeness (QED) is 0.692. The molecule has 1 aliphatic heterocycles. The summed E-state index contributed by atoms with van der Waals surface area (Å²) in [6.45, 7) is 6.40. The Morgan fingerprint density at radius 2 is 1.75 bits per heavy atom. The lowest BCUT2D eigenvalue weighted by Gasteiger charge is -2.30. The Balaban J connectivity index is 1.78. The van der Waals surface area contributed by atoms with E-state index in [9.17, 15) is 8.42 Å². The molecule has 2 atom stereocenters. The van der Waals surface area contributed by atoms with E-state index in [1.165, 1.54) is 0 Å². The van der Waals surface area contributed by atoms with Crippen LogP contribution >= 0.6 is 0 Å². The number of nitrogens with one attached hydrogen (secondary N) is 1. The van der Waals surface area contributed by atoms with Gasteiger partial charge >= 0.3 is 0 Å². The Bertz CT molecular complexity index is 841. The molecule has 1 aliphatic rings. The molecule has 0 radical (unpaired) electrons. The maximum atomic E-state index is 13.4. The van der Waals surface area contributed by atoms with E-state index in [0.717, 1.165) is 18.5 Å². The first-order chi connectivity index (χ1) is 13.6. The van der Waals surface area contributed by atoms with Crippen molar-refractivity contribution in [3.05, 3.63) is 78.9 Å². The lowest BCUT2D eigenvalue weighted by atomic mass is 10.1. The molecule has 0 saturated carbocycles. The fraction of sp³-hybridized carbons (Fsp3) is 0.364. The van der Waals surface area contributed by atoms with Crippen LogP contribution in [0.25, 0.3) is 0 Å². The van der Waals surface area contributed by atoms with Crippen LogP contribution in [0.2, 0.25) is 0 Å². The van der Waals surface area contributed by atoms with Gasteiger partial charge < -0.3 is 10.1 Å². The van der Waals surface area contributed by atoms with Crippen molar-refractivity contribution < 1.29 is 13.2 Å². The van der Waals surface area contributed by atoms with E-state index in [4.69, 9.17) is 4.74 Å². The van der Waals surface area contributed by atoms with Gasteiger partial charge in [0.25, 0.3) is 0 Å². The van der Waals surface area contributed by atoms with Crippen LogP contribution in [0.1, 0.15) is 12.0 Å². The van der Waals surface area contributed by atoms with Crippen molar-refractivity contribution in [3.8, 4) is 0 Å². The van der Waals surface area contributed by atoms with E-state index in [2.05, 4.69) is 11.9 Å². The fourth-order valence-electron chi connectivity index (χ4n) is 3.47. The summed E-state index contributed by atoms with van der Waals surface area (Å²) in [5, 5.41) is 3.40. The van der Waals surface area contributed by atoms with E-state index in [0.29, 0.717) is 31.2 Å². The predicted octanol–water partition coefficient (Wildman–Crippen LogP) is 3.06. The number of ether oxygens (including phenoxy) is 1. The summed E-state index contributed by atoms with van der Waals surface area (Å²) >= 11 is 0. The van der Waals surface area contributed by atoms with Gasteiger partial charge in [-0.1, -0.05) is 54.6 Å². The summed E-state index contributed by atoms with van der Waals surface area (Å²) < 4.78 is 34.2. The van der Waals surface area contributed by atoms with E-state index >= 15 is 0 Å². The van der Waals surface area contributed by atoms with Gasteiger partial charge in [-0.25, -0.2) is 8.42 Å². The summed E-state index contributed by atoms with van der Waals surface area (Å²) in [5.74, 6) is 0.190. The van der Waals surface area contributed by atoms with E-state index in [1.807, 2.05) is 42.5 Å². The highest BCUT2D eigenvalue weighted by Gasteiger charge is 2.35. The van der Waals surface area contributed by atoms with Crippen LogP contribution in [0.15, 0.2) is 78.2 Å². The SMILES string of the molecule is C=CCC1CNCC(COCc2ccccc2)N(S(=O)(=O)c2ccccc2)C1. The predicted molar refractivity (Wildman–Crippen MR) is 111 cm³/mol. The van der Waals surface area contributed by atoms with Gasteiger partial charge in [-0.2, -0.15) is 4.31 Å². The zero-order chi connectivity index (χ0) is 19.8. The van der Waals surface area contributed by atoms with E-state index in [-0.39, 0.29) is 12.0 Å². The summed E-state index contributed by atoms with van der Waals surface area (Å²) in [5.41, 5.74) is 1.08. The zero-order valence-electron chi connectivity index (χ0n) is 16.0. The molecule has 2 aromatic rings. The van der Waals surface area contributed by atoms with Crippen LogP contribution < -0.4 is 5.32 Å². The summed E-state index contributed by atoms with van der Waals surface area (Å²) in [6.07, 6.45) is 2.62. The molecular weight excluding hydrogens is 372 g/mol. The van der Waals surface area contributed by atoms with Crippen LogP contribution in [0.5, 0.6) is 0 Å². The molecule has 5 nitrogen and oxygen atoms in total. The van der Waals surface area contributed by atoms with Gasteiger partial charge in [0, 0.05) is 13.1 Å². The first-order valence-corrected chi connectivity index (χ1v) is 11.1. The second-order valence-corrected chi connectivity index (χ2v) is 8.98. The number of nitrogens with zero attached hydrogens (tertiary/aromatic N) is 1. The molecule has 3 rings (SSSR count). The zero-order valence-corrected chi connectivity index (χ0v) is 16.9. The Hall–Kier alpha value is -1.99. The lowest BCUT2D eigenvalue weighted by Crippen LogP contribution is -2.46. The molecule has 28 heavy (non-hydrogen) atoms. The van der Waals surface area contributed by atoms with Gasteiger partial charge in [-0.15, -0.1) is 6.58 Å². The summed E-state index contributed by atoms with van der Waals surface area (Å²) in [6, 6.07) is 18.3. The highest BCUT2D eigenvalue weighted by Crippen LogP contribution is 2.23. The normalized spacial score (nSPS) is 21.1. The third kappa shape index (κ3) is 5.29. The summed E-state index contributed by atoms with van der Waals surface area (Å²) in [4.78, 5) is 0.322. The third-order valence-corrected chi connectivity index (χ3v) is 6.86. The van der Waals surface area contributed by atoms with Gasteiger partial charge in [0.15, 0.2) is 0 Å². The second-order valence-electron chi connectivity index (χ2n) is 7.09. The second kappa shape index (κ2) is 9.98. The van der Waals surface area contributed by atoms with Crippen LogP contribution in [0.3, 0.4) is 0 Å². The van der Waals surface area contributed by atoms with Crippen molar-refractivity contribution in [2.75, 3.05) is 26.2 Å². The Morgan fingerprint density at radius 1 is 1.07 bits per heavy atom. The van der Waals surface area contributed by atoms with Gasteiger partial charge in [0.2, 0.25) is 10.0 Å². The minimum Gasteiger partial charge on any atom is -0.375 e. The third-order valence-electron chi connectivity index (χ3n) is 4.93. The standard InChI is InChI=1S/C22H28N2O3S/c1-2-9-20-14-23-15-21(18-27-17-19-10-5-3-6-11-19)24(16-20)28(25,26)22-12-7-4-8-13-22/h2-8,10-13,20-21,23H,1,9,14-18H2. The Kier molecular flexibility index (Phi) is 7.39. The fourth-order valence-corrected chi connectivity index (χ4v) is 5.18. The highest BCUT2D eigenvalue weighted by molar-refractivity contribution is 7.89. The van der Waals surface area contributed by atoms with Crippen molar-refractivity contribution in [2.45, 2.75) is 24.0 Å². The van der Waals surface area contributed by atoms with E-state index in [1.54, 1.807) is 28.6 Å². The van der Waals surface area contributed by atoms with Crippen LogP contribution in [0.4, 0.5) is 0 Å². The molecule has 0 aliphatic carbocycles. The first-order valence-electron chi connectivity index (χ1n) is 9.61. The Morgan fingerprint density at radius 3 is 2.43 bits per heavy atom. The number of rotatable bonds is 8. The van der Waals surface area contributed by atoms with Crippen molar-refractivity contribution in [3.63, 3.8) is 0 Å². The average Bonchev–Trinajstić information content (AvgIpc) is 2.93. The monoisotopic (exact) mass is 400 g/mol. The molecule has 0 bridgehead atoms. The average molecular weight is 401 g/mol. The molecule has 1 fully saturated rings. The van der Waals surface area contributed by atoms with Gasteiger partial charge in [0.1, 0.15) is 0 Å². The molecule has 2 aromatic carbocycles. The molecule has 0 amide bonds. The van der Waals surface area contributed by atoms with Gasteiger partial charge in [-0.3, -0.25) is 0 Å². The molecule has 1 N–H and O–H groups in total. The number of allylic oxidation sites excluding steroid dienone is 1. The molecule has 0 aromatic heterocycles. The number of sulfonamides is 1. The molecule has 0 spiro atoms. The lowest BCUT2D eigenvalue weighted by molar-refractivity contribution is 0.0787. The molecule has 1 heterocycles. The first kappa shape index (κ1) is 20.7. The van der Waals surface area contributed by atoms with Crippen LogP contribution in [0, 0.1) is 5.92 Å². The number of benzene rings is 2. The van der Waals surface area contributed by atoms with Crippen molar-refractivity contribution in [2.24, 2.45) is 5.92 Å². The minimum absolute atomic E-state index is 0.190. The molecule has 150 valence electrons.